The molecule has 134 valence electrons. The standard InChI is InChI=1S/C18H22N2O5/c1-4-5-6-14(18(24)25)19-15(21)11(3)20-16(22)12-8-7-10(2)9-13(12)17(20)23/h7-9,11,14H,4-6H2,1-3H3,(H,19,21)(H,24,25). The van der Waals surface area contributed by atoms with Gasteiger partial charge in [0, 0.05) is 0 Å². The molecule has 0 aromatic heterocycles. The Bertz CT molecular complexity index is 728. The van der Waals surface area contributed by atoms with Crippen LogP contribution in [0.4, 0.5) is 0 Å². The molecule has 0 fully saturated rings. The summed E-state index contributed by atoms with van der Waals surface area (Å²) in [5, 5.41) is 11.6. The molecule has 3 amide bonds. The average Bonchev–Trinajstić information content (AvgIpc) is 2.81. The molecule has 0 saturated carbocycles. The number of carbonyl (C=O) groups is 4. The number of unbranched alkanes of at least 4 members (excludes halogenated alkanes) is 1. The maximum atomic E-state index is 12.5. The number of nitrogens with one attached hydrogen (secondary N) is 1. The Morgan fingerprint density at radius 1 is 1.20 bits per heavy atom. The van der Waals surface area contributed by atoms with Crippen molar-refractivity contribution in [2.45, 2.75) is 52.1 Å². The molecule has 2 N–H and O–H groups in total. The van der Waals surface area contributed by atoms with Crippen LogP contribution in [0.3, 0.4) is 0 Å². The van der Waals surface area contributed by atoms with Crippen molar-refractivity contribution in [1.82, 2.24) is 10.2 Å². The normalized spacial score (nSPS) is 15.7. The van der Waals surface area contributed by atoms with Crippen LogP contribution in [-0.2, 0) is 9.59 Å². The summed E-state index contributed by atoms with van der Waals surface area (Å²) in [5.41, 5.74) is 1.37. The van der Waals surface area contributed by atoms with Gasteiger partial charge in [-0.25, -0.2) is 4.79 Å². The molecule has 25 heavy (non-hydrogen) atoms. The van der Waals surface area contributed by atoms with Crippen LogP contribution < -0.4 is 5.32 Å². The number of imide groups is 1. The molecule has 7 heteroatoms. The number of rotatable bonds is 7. The number of hydrogen-bond acceptors (Lipinski definition) is 4. The number of hydrogen-bond donors (Lipinski definition) is 2. The molecule has 1 aromatic carbocycles. The topological polar surface area (TPSA) is 104 Å². The Morgan fingerprint density at radius 3 is 2.44 bits per heavy atom. The fourth-order valence-corrected chi connectivity index (χ4v) is 2.80. The molecule has 0 saturated heterocycles. The third kappa shape index (κ3) is 3.70. The van der Waals surface area contributed by atoms with Gasteiger partial charge >= 0.3 is 5.97 Å². The van der Waals surface area contributed by atoms with Gasteiger partial charge in [-0.1, -0.05) is 31.4 Å². The van der Waals surface area contributed by atoms with Crippen molar-refractivity contribution in [3.8, 4) is 0 Å². The van der Waals surface area contributed by atoms with Crippen LogP contribution in [0.1, 0.15) is 59.4 Å². The van der Waals surface area contributed by atoms with E-state index in [9.17, 15) is 24.3 Å². The van der Waals surface area contributed by atoms with Gasteiger partial charge in [-0.3, -0.25) is 19.3 Å². The summed E-state index contributed by atoms with van der Waals surface area (Å²) in [6.45, 7) is 5.15. The summed E-state index contributed by atoms with van der Waals surface area (Å²) in [7, 11) is 0. The van der Waals surface area contributed by atoms with Crippen molar-refractivity contribution >= 4 is 23.7 Å². The van der Waals surface area contributed by atoms with Crippen LogP contribution in [0.5, 0.6) is 0 Å². The average molecular weight is 346 g/mol. The van der Waals surface area contributed by atoms with E-state index in [0.29, 0.717) is 12.8 Å². The fraction of sp³-hybridized carbons (Fsp3) is 0.444. The predicted octanol–water partition coefficient (Wildman–Crippen LogP) is 1.74. The first-order valence-electron chi connectivity index (χ1n) is 8.29. The number of carboxylic acids is 1. The van der Waals surface area contributed by atoms with E-state index in [2.05, 4.69) is 5.32 Å². The van der Waals surface area contributed by atoms with Crippen LogP contribution >= 0.6 is 0 Å². The van der Waals surface area contributed by atoms with E-state index >= 15 is 0 Å². The van der Waals surface area contributed by atoms with E-state index in [1.165, 1.54) is 6.92 Å². The first kappa shape index (κ1) is 18.6. The molecule has 1 aliphatic rings. The quantitative estimate of drug-likeness (QED) is 0.732. The molecule has 0 aliphatic carbocycles. The Hall–Kier alpha value is -2.70. The Balaban J connectivity index is 2.16. The number of nitrogens with zero attached hydrogens (tertiary/aromatic N) is 1. The second-order valence-corrected chi connectivity index (χ2v) is 6.25. The number of fused-ring (bicyclic) bond motifs is 1. The molecule has 2 unspecified atom stereocenters. The Kier molecular flexibility index (Phi) is 5.56. The van der Waals surface area contributed by atoms with Crippen LogP contribution in [-0.4, -0.2) is 45.8 Å². The van der Waals surface area contributed by atoms with Gasteiger partial charge in [-0.15, -0.1) is 0 Å². The second kappa shape index (κ2) is 7.46. The van der Waals surface area contributed by atoms with Crippen molar-refractivity contribution in [3.05, 3.63) is 34.9 Å². The number of aliphatic carboxylic acids is 1. The van der Waals surface area contributed by atoms with E-state index in [1.54, 1.807) is 18.2 Å². The summed E-state index contributed by atoms with van der Waals surface area (Å²) in [4.78, 5) is 49.5. The lowest BCUT2D eigenvalue weighted by Crippen LogP contribution is -2.52. The molecule has 0 bridgehead atoms. The summed E-state index contributed by atoms with van der Waals surface area (Å²) in [5.74, 6) is -2.86. The Morgan fingerprint density at radius 2 is 1.84 bits per heavy atom. The number of aryl methyl sites for hydroxylation is 1. The van der Waals surface area contributed by atoms with Gasteiger partial charge in [0.05, 0.1) is 11.1 Å². The van der Waals surface area contributed by atoms with Crippen molar-refractivity contribution < 1.29 is 24.3 Å². The molecule has 1 aromatic rings. The summed E-state index contributed by atoms with van der Waals surface area (Å²) in [6.07, 6.45) is 1.75. The van der Waals surface area contributed by atoms with Crippen LogP contribution in [0.15, 0.2) is 18.2 Å². The molecule has 0 radical (unpaired) electrons. The SMILES string of the molecule is CCCCC(NC(=O)C(C)N1C(=O)c2ccc(C)cc2C1=O)C(=O)O. The molecule has 1 aliphatic heterocycles. The van der Waals surface area contributed by atoms with E-state index < -0.39 is 35.8 Å². The lowest BCUT2D eigenvalue weighted by Gasteiger charge is -2.23. The van der Waals surface area contributed by atoms with Gasteiger partial charge in [-0.05, 0) is 32.4 Å². The van der Waals surface area contributed by atoms with Gasteiger partial charge in [-0.2, -0.15) is 0 Å². The van der Waals surface area contributed by atoms with Crippen LogP contribution in [0, 0.1) is 6.92 Å². The maximum absolute atomic E-state index is 12.5. The minimum atomic E-state index is -1.13. The highest BCUT2D eigenvalue weighted by Crippen LogP contribution is 2.25. The summed E-state index contributed by atoms with van der Waals surface area (Å²) in [6, 6.07) is 2.78. The highest BCUT2D eigenvalue weighted by molar-refractivity contribution is 6.22. The largest absolute Gasteiger partial charge is 0.480 e. The zero-order valence-corrected chi connectivity index (χ0v) is 14.5. The van der Waals surface area contributed by atoms with Crippen LogP contribution in [0.25, 0.3) is 0 Å². The maximum Gasteiger partial charge on any atom is 0.326 e. The second-order valence-electron chi connectivity index (χ2n) is 6.25. The minimum absolute atomic E-state index is 0.260. The summed E-state index contributed by atoms with van der Waals surface area (Å²) >= 11 is 0. The van der Waals surface area contributed by atoms with E-state index in [1.807, 2.05) is 13.8 Å². The summed E-state index contributed by atoms with van der Waals surface area (Å²) < 4.78 is 0. The zero-order valence-electron chi connectivity index (χ0n) is 14.5. The number of benzene rings is 1. The fourth-order valence-electron chi connectivity index (χ4n) is 2.80. The molecule has 0 spiro atoms. The van der Waals surface area contributed by atoms with Crippen LogP contribution in [0.2, 0.25) is 0 Å². The first-order chi connectivity index (χ1) is 11.8. The van der Waals surface area contributed by atoms with Gasteiger partial charge in [0.15, 0.2) is 0 Å². The third-order valence-corrected chi connectivity index (χ3v) is 4.30. The molecule has 2 atom stereocenters. The van der Waals surface area contributed by atoms with Crippen molar-refractivity contribution in [2.75, 3.05) is 0 Å². The van der Waals surface area contributed by atoms with Gasteiger partial charge in [0.2, 0.25) is 5.91 Å². The van der Waals surface area contributed by atoms with Crippen molar-refractivity contribution in [1.29, 1.82) is 0 Å². The predicted molar refractivity (Wildman–Crippen MR) is 90.2 cm³/mol. The number of amides is 3. The molecule has 2 rings (SSSR count). The van der Waals surface area contributed by atoms with E-state index in [0.717, 1.165) is 16.9 Å². The molecule has 1 heterocycles. The lowest BCUT2D eigenvalue weighted by atomic mass is 10.1. The first-order valence-corrected chi connectivity index (χ1v) is 8.29. The van der Waals surface area contributed by atoms with Gasteiger partial charge in [0.25, 0.3) is 11.8 Å². The monoisotopic (exact) mass is 346 g/mol. The smallest absolute Gasteiger partial charge is 0.326 e. The highest BCUT2D eigenvalue weighted by atomic mass is 16.4. The Labute approximate surface area is 146 Å². The molecule has 7 nitrogen and oxygen atoms in total. The van der Waals surface area contributed by atoms with Crippen molar-refractivity contribution in [2.24, 2.45) is 0 Å². The van der Waals surface area contributed by atoms with E-state index in [-0.39, 0.29) is 11.1 Å². The van der Waals surface area contributed by atoms with E-state index in [4.69, 9.17) is 0 Å². The lowest BCUT2D eigenvalue weighted by molar-refractivity contribution is -0.142. The van der Waals surface area contributed by atoms with Gasteiger partial charge < -0.3 is 10.4 Å². The van der Waals surface area contributed by atoms with Crippen molar-refractivity contribution in [3.63, 3.8) is 0 Å². The minimum Gasteiger partial charge on any atom is -0.480 e. The third-order valence-electron chi connectivity index (χ3n) is 4.30. The van der Waals surface area contributed by atoms with Gasteiger partial charge in [0.1, 0.15) is 12.1 Å². The zero-order chi connectivity index (χ0) is 18.7. The molecular weight excluding hydrogens is 324 g/mol. The highest BCUT2D eigenvalue weighted by Gasteiger charge is 2.41. The molecular formula is C18H22N2O5. The number of carboxylic acid groups (broad SMARTS) is 1. The number of carbonyl (C=O) groups excluding carboxylic acids is 3.